The van der Waals surface area contributed by atoms with Crippen molar-refractivity contribution in [2.24, 2.45) is 0 Å². The molecule has 0 bridgehead atoms. The summed E-state index contributed by atoms with van der Waals surface area (Å²) in [6, 6.07) is 7.67. The number of rotatable bonds is 14. The van der Waals surface area contributed by atoms with Crippen molar-refractivity contribution in [3.05, 3.63) is 87.2 Å². The molecule has 20 nitrogen and oxygen atoms in total. The zero-order valence-corrected chi connectivity index (χ0v) is 36.2. The van der Waals surface area contributed by atoms with Crippen LogP contribution in [0.15, 0.2) is 53.7 Å². The Labute approximate surface area is 372 Å². The molecule has 336 valence electrons. The van der Waals surface area contributed by atoms with Gasteiger partial charge in [-0.3, -0.25) is 53.0 Å². The number of aromatic nitrogens is 7. The lowest BCUT2D eigenvalue weighted by molar-refractivity contribution is -0.136. The molecule has 1 aliphatic carbocycles. The number of piperidine rings is 1. The van der Waals surface area contributed by atoms with E-state index >= 15 is 0 Å². The Morgan fingerprint density at radius 2 is 1.72 bits per heavy atom. The minimum absolute atomic E-state index is 0.0172. The smallest absolute Gasteiger partial charge is 0.264 e. The number of amides is 5. The summed E-state index contributed by atoms with van der Waals surface area (Å²) in [5.74, 6) is -1.56. The van der Waals surface area contributed by atoms with Gasteiger partial charge in [0.15, 0.2) is 5.78 Å². The number of pyridine rings is 2. The molecule has 5 amide bonds. The maximum atomic E-state index is 13.6. The molecular weight excluding hydrogens is 835 g/mol. The molecule has 0 radical (unpaired) electrons. The number of imide groups is 2. The van der Waals surface area contributed by atoms with Crippen LogP contribution in [0.2, 0.25) is 0 Å². The summed E-state index contributed by atoms with van der Waals surface area (Å²) < 4.78 is 3.36. The van der Waals surface area contributed by atoms with Crippen LogP contribution in [0, 0.1) is 6.92 Å². The minimum atomic E-state index is -1.04. The molecule has 5 aromatic rings. The normalized spacial score (nSPS) is 17.8. The van der Waals surface area contributed by atoms with Crippen LogP contribution in [-0.4, -0.2) is 118 Å². The van der Waals surface area contributed by atoms with Gasteiger partial charge in [-0.2, -0.15) is 4.98 Å². The lowest BCUT2D eigenvalue weighted by Crippen LogP contribution is -2.54. The van der Waals surface area contributed by atoms with Crippen molar-refractivity contribution in [1.29, 1.82) is 0 Å². The van der Waals surface area contributed by atoms with E-state index in [0.717, 1.165) is 42.0 Å². The van der Waals surface area contributed by atoms with Crippen molar-refractivity contribution in [3.63, 3.8) is 0 Å². The van der Waals surface area contributed by atoms with Gasteiger partial charge < -0.3 is 20.4 Å². The van der Waals surface area contributed by atoms with Crippen molar-refractivity contribution >= 4 is 69.5 Å². The van der Waals surface area contributed by atoms with Crippen molar-refractivity contribution in [3.8, 4) is 0 Å². The molecule has 1 saturated carbocycles. The average Bonchev–Trinajstić information content (AvgIpc) is 4.05. The predicted molar refractivity (Wildman–Crippen MR) is 237 cm³/mol. The monoisotopic (exact) mass is 883 g/mol. The number of nitrogens with one attached hydrogen (secondary N) is 3. The molecule has 3 fully saturated rings. The Hall–Kier alpha value is -7.38. The van der Waals surface area contributed by atoms with Gasteiger partial charge in [0.2, 0.25) is 23.7 Å². The van der Waals surface area contributed by atoms with E-state index in [1.807, 2.05) is 23.2 Å². The van der Waals surface area contributed by atoms with E-state index in [-0.39, 0.29) is 52.8 Å². The molecule has 65 heavy (non-hydrogen) atoms. The van der Waals surface area contributed by atoms with Gasteiger partial charge in [-0.25, -0.2) is 9.97 Å². The lowest BCUT2D eigenvalue weighted by Gasteiger charge is -2.36. The minimum Gasteiger partial charge on any atom is -0.383 e. The standard InChI is InChI=1S/C45H49N13O7/c1-26-32-24-48-45(51-40(32)57(29-8-3-4-9-29)43(64)38(26)27(2)59)49-35-15-13-30(23-47-35)54-19-21-55(22-20-54)37(61)12-5-7-28-25-56(53-52-28)18-17-46-33-11-6-10-31-39(33)44(65)58(42(31)63)34-14-16-36(60)50-41(34)62/h6,10-11,13,15,23-25,29,34,46H,3-5,7-9,12,14,16-22H2,1-2H3,(H,50,60,62)(H,47,48,49,51). The van der Waals surface area contributed by atoms with Gasteiger partial charge in [-0.1, -0.05) is 24.1 Å². The van der Waals surface area contributed by atoms with E-state index < -0.39 is 29.7 Å². The Morgan fingerprint density at radius 3 is 2.46 bits per heavy atom. The highest BCUT2D eigenvalue weighted by atomic mass is 16.2. The topological polar surface area (TPSA) is 240 Å². The molecule has 3 aliphatic heterocycles. The Bertz CT molecular complexity index is 2790. The van der Waals surface area contributed by atoms with Crippen LogP contribution in [0.4, 0.5) is 23.1 Å². The second-order valence-corrected chi connectivity index (χ2v) is 16.9. The van der Waals surface area contributed by atoms with E-state index in [1.54, 1.807) is 46.8 Å². The number of Topliss-reactive ketones (excluding diaryl/α,β-unsaturated/α-hetero) is 1. The first-order chi connectivity index (χ1) is 31.4. The Kier molecular flexibility index (Phi) is 11.9. The lowest BCUT2D eigenvalue weighted by atomic mass is 10.0. The fourth-order valence-corrected chi connectivity index (χ4v) is 9.39. The van der Waals surface area contributed by atoms with Gasteiger partial charge in [-0.05, 0) is 75.8 Å². The number of benzene rings is 1. The van der Waals surface area contributed by atoms with Gasteiger partial charge >= 0.3 is 0 Å². The first-order valence-corrected chi connectivity index (χ1v) is 22.1. The quantitative estimate of drug-likeness (QED) is 0.107. The number of carbonyl (C=O) groups excluding carboxylic acids is 6. The zero-order chi connectivity index (χ0) is 45.4. The summed E-state index contributed by atoms with van der Waals surface area (Å²) >= 11 is 0. The molecule has 4 aromatic heterocycles. The maximum Gasteiger partial charge on any atom is 0.264 e. The summed E-state index contributed by atoms with van der Waals surface area (Å²) in [5.41, 5.74) is 3.53. The first-order valence-electron chi connectivity index (χ1n) is 22.1. The Morgan fingerprint density at radius 1 is 0.923 bits per heavy atom. The van der Waals surface area contributed by atoms with Gasteiger partial charge in [0.1, 0.15) is 17.5 Å². The molecule has 0 spiro atoms. The molecule has 1 atom stereocenters. The molecule has 4 aliphatic rings. The zero-order valence-electron chi connectivity index (χ0n) is 36.2. The maximum absolute atomic E-state index is 13.6. The number of fused-ring (bicyclic) bond motifs is 2. The number of hydrogen-bond donors (Lipinski definition) is 3. The molecule has 1 aromatic carbocycles. The summed E-state index contributed by atoms with van der Waals surface area (Å²) in [5, 5.41) is 17.8. The van der Waals surface area contributed by atoms with Crippen LogP contribution in [0.5, 0.6) is 0 Å². The molecular formula is C45H49N13O7. The van der Waals surface area contributed by atoms with E-state index in [9.17, 15) is 33.6 Å². The van der Waals surface area contributed by atoms with Crippen molar-refractivity contribution < 1.29 is 28.8 Å². The van der Waals surface area contributed by atoms with E-state index in [1.165, 1.54) is 6.92 Å². The summed E-state index contributed by atoms with van der Waals surface area (Å²) in [7, 11) is 0. The Balaban J connectivity index is 0.725. The highest BCUT2D eigenvalue weighted by Crippen LogP contribution is 2.34. The van der Waals surface area contributed by atoms with Crippen LogP contribution >= 0.6 is 0 Å². The molecule has 20 heteroatoms. The SMILES string of the molecule is CC(=O)c1c(C)c2cnc(Nc3ccc(N4CCN(C(=O)CCCc5cn(CCNc6cccc7c6C(=O)N(C6CCC(=O)NC6=O)C7=O)nn5)CC4)cn3)nc2n(C2CCCC2)c1=O. The van der Waals surface area contributed by atoms with Gasteiger partial charge in [0, 0.05) is 75.1 Å². The number of hydrogen-bond acceptors (Lipinski definition) is 15. The fourth-order valence-electron chi connectivity index (χ4n) is 9.39. The number of carbonyl (C=O) groups is 6. The molecule has 1 unspecified atom stereocenters. The van der Waals surface area contributed by atoms with Crippen molar-refractivity contribution in [2.75, 3.05) is 48.3 Å². The third-order valence-electron chi connectivity index (χ3n) is 12.8. The second kappa shape index (κ2) is 18.0. The summed E-state index contributed by atoms with van der Waals surface area (Å²) in [4.78, 5) is 109. The molecule has 2 saturated heterocycles. The van der Waals surface area contributed by atoms with Crippen LogP contribution < -0.4 is 26.4 Å². The highest BCUT2D eigenvalue weighted by Gasteiger charge is 2.45. The van der Waals surface area contributed by atoms with Crippen molar-refractivity contribution in [2.45, 2.75) is 90.3 Å². The second-order valence-electron chi connectivity index (χ2n) is 16.9. The van der Waals surface area contributed by atoms with Gasteiger partial charge in [-0.15, -0.1) is 5.10 Å². The number of ketones is 1. The number of nitrogens with zero attached hydrogens (tertiary/aromatic N) is 10. The number of aryl methyl sites for hydroxylation is 2. The highest BCUT2D eigenvalue weighted by molar-refractivity contribution is 6.25. The number of anilines is 4. The van der Waals surface area contributed by atoms with E-state index in [4.69, 9.17) is 4.98 Å². The number of piperazine rings is 1. The summed E-state index contributed by atoms with van der Waals surface area (Å²) in [6.45, 7) is 6.46. The first kappa shape index (κ1) is 42.9. The van der Waals surface area contributed by atoms with Gasteiger partial charge in [0.05, 0.1) is 40.8 Å². The molecule has 3 N–H and O–H groups in total. The fraction of sp³-hybridized carbons (Fsp3) is 0.422. The third kappa shape index (κ3) is 8.54. The van der Waals surface area contributed by atoms with Crippen LogP contribution in [0.1, 0.15) is 107 Å². The van der Waals surface area contributed by atoms with Crippen LogP contribution in [0.3, 0.4) is 0 Å². The molecule has 9 rings (SSSR count). The molecule has 7 heterocycles. The van der Waals surface area contributed by atoms with Crippen LogP contribution in [-0.2, 0) is 27.3 Å². The van der Waals surface area contributed by atoms with E-state index in [0.29, 0.717) is 92.6 Å². The van der Waals surface area contributed by atoms with E-state index in [2.05, 4.69) is 41.1 Å². The average molecular weight is 884 g/mol. The third-order valence-corrected chi connectivity index (χ3v) is 12.8. The largest absolute Gasteiger partial charge is 0.383 e. The predicted octanol–water partition coefficient (Wildman–Crippen LogP) is 3.33. The van der Waals surface area contributed by atoms with Crippen molar-refractivity contribution in [1.82, 2.24) is 49.6 Å². The van der Waals surface area contributed by atoms with Crippen LogP contribution in [0.25, 0.3) is 11.0 Å². The summed E-state index contributed by atoms with van der Waals surface area (Å²) in [6.07, 6.45) is 10.7. The van der Waals surface area contributed by atoms with Gasteiger partial charge in [0.25, 0.3) is 17.4 Å².